The number of carbonyl (C=O) groups excluding carboxylic acids is 1. The summed E-state index contributed by atoms with van der Waals surface area (Å²) in [5.74, 6) is -0.0596. The second-order valence-corrected chi connectivity index (χ2v) is 6.11. The summed E-state index contributed by atoms with van der Waals surface area (Å²) in [6, 6.07) is 21.9. The van der Waals surface area contributed by atoms with Gasteiger partial charge in [0.25, 0.3) is 5.91 Å². The molecule has 1 N–H and O–H groups in total. The average Bonchev–Trinajstić information content (AvgIpc) is 2.94. The Balaban J connectivity index is 1.83. The highest BCUT2D eigenvalue weighted by molar-refractivity contribution is 5.95. The van der Waals surface area contributed by atoms with Crippen molar-refractivity contribution in [1.82, 2.24) is 9.88 Å². The van der Waals surface area contributed by atoms with Gasteiger partial charge in [0, 0.05) is 22.6 Å². The molecule has 0 saturated heterocycles. The van der Waals surface area contributed by atoms with Crippen LogP contribution in [0.15, 0.2) is 66.7 Å². The van der Waals surface area contributed by atoms with Crippen molar-refractivity contribution in [3.8, 4) is 5.69 Å². The summed E-state index contributed by atoms with van der Waals surface area (Å²) in [4.78, 5) is 12.6. The third kappa shape index (κ3) is 3.25. The van der Waals surface area contributed by atoms with Crippen LogP contribution >= 0.6 is 0 Å². The summed E-state index contributed by atoms with van der Waals surface area (Å²) < 4.78 is 2.15. The largest absolute Gasteiger partial charge is 0.346 e. The maximum absolute atomic E-state index is 12.6. The smallest absolute Gasteiger partial charge is 0.251 e. The molecule has 0 unspecified atom stereocenters. The van der Waals surface area contributed by atoms with Crippen LogP contribution < -0.4 is 5.32 Å². The van der Waals surface area contributed by atoms with Crippen LogP contribution in [0.1, 0.15) is 40.3 Å². The maximum atomic E-state index is 12.6. The molecule has 3 nitrogen and oxygen atoms in total. The standard InChI is InChI=1S/C21H22N2O/c1-15-12-13-16(2)23(15)20-11-7-10-19(14-20)21(24)22-17(3)18-8-5-4-6-9-18/h4-14,17H,1-3H3,(H,22,24)/t17-/m1/s1. The topological polar surface area (TPSA) is 34.0 Å². The molecule has 0 aliphatic rings. The molecule has 1 amide bonds. The Morgan fingerprint density at radius 3 is 2.25 bits per heavy atom. The van der Waals surface area contributed by atoms with E-state index in [1.807, 2.05) is 61.5 Å². The summed E-state index contributed by atoms with van der Waals surface area (Å²) in [5, 5.41) is 3.07. The summed E-state index contributed by atoms with van der Waals surface area (Å²) >= 11 is 0. The Morgan fingerprint density at radius 1 is 0.917 bits per heavy atom. The Labute approximate surface area is 143 Å². The SMILES string of the molecule is Cc1ccc(C)n1-c1cccc(C(=O)N[C@H](C)c2ccccc2)c1. The third-order valence-electron chi connectivity index (χ3n) is 4.28. The molecular weight excluding hydrogens is 296 g/mol. The van der Waals surface area contributed by atoms with Gasteiger partial charge in [0.1, 0.15) is 0 Å². The van der Waals surface area contributed by atoms with Crippen LogP contribution in [0.3, 0.4) is 0 Å². The number of carbonyl (C=O) groups is 1. The highest BCUT2D eigenvalue weighted by Gasteiger charge is 2.12. The van der Waals surface area contributed by atoms with Crippen LogP contribution in [0.4, 0.5) is 0 Å². The van der Waals surface area contributed by atoms with Crippen LogP contribution in [0.25, 0.3) is 5.69 Å². The molecular formula is C21H22N2O. The average molecular weight is 318 g/mol. The molecule has 3 aromatic rings. The first-order valence-corrected chi connectivity index (χ1v) is 8.17. The van der Waals surface area contributed by atoms with Crippen LogP contribution in [0.2, 0.25) is 0 Å². The number of amides is 1. The van der Waals surface area contributed by atoms with Crippen molar-refractivity contribution in [2.75, 3.05) is 0 Å². The summed E-state index contributed by atoms with van der Waals surface area (Å²) in [7, 11) is 0. The van der Waals surface area contributed by atoms with Gasteiger partial charge in [-0.15, -0.1) is 0 Å². The first-order valence-electron chi connectivity index (χ1n) is 8.17. The van der Waals surface area contributed by atoms with Gasteiger partial charge in [-0.25, -0.2) is 0 Å². The number of aromatic nitrogens is 1. The number of nitrogens with zero attached hydrogens (tertiary/aromatic N) is 1. The van der Waals surface area contributed by atoms with E-state index < -0.39 is 0 Å². The van der Waals surface area contributed by atoms with E-state index in [9.17, 15) is 4.79 Å². The number of benzene rings is 2. The number of hydrogen-bond donors (Lipinski definition) is 1. The van der Waals surface area contributed by atoms with E-state index in [-0.39, 0.29) is 11.9 Å². The summed E-state index contributed by atoms with van der Waals surface area (Å²) in [6.45, 7) is 6.13. The van der Waals surface area contributed by atoms with Crippen molar-refractivity contribution >= 4 is 5.91 Å². The molecule has 3 rings (SSSR count). The molecule has 2 aromatic carbocycles. The number of nitrogens with one attached hydrogen (secondary N) is 1. The molecule has 0 saturated carbocycles. The van der Waals surface area contributed by atoms with Crippen molar-refractivity contribution in [3.05, 3.63) is 89.2 Å². The predicted molar refractivity (Wildman–Crippen MR) is 97.6 cm³/mol. The van der Waals surface area contributed by atoms with Gasteiger partial charge in [-0.2, -0.15) is 0 Å². The minimum atomic E-state index is -0.0596. The van der Waals surface area contributed by atoms with Crippen molar-refractivity contribution in [1.29, 1.82) is 0 Å². The van der Waals surface area contributed by atoms with Gasteiger partial charge < -0.3 is 9.88 Å². The molecule has 0 aliphatic carbocycles. The number of rotatable bonds is 4. The van der Waals surface area contributed by atoms with Crippen molar-refractivity contribution in [2.24, 2.45) is 0 Å². The van der Waals surface area contributed by atoms with Crippen molar-refractivity contribution in [2.45, 2.75) is 26.8 Å². The van der Waals surface area contributed by atoms with E-state index in [0.717, 1.165) is 22.6 Å². The van der Waals surface area contributed by atoms with E-state index in [4.69, 9.17) is 0 Å². The number of hydrogen-bond acceptors (Lipinski definition) is 1. The molecule has 1 atom stereocenters. The zero-order chi connectivity index (χ0) is 17.1. The molecule has 24 heavy (non-hydrogen) atoms. The fraction of sp³-hybridized carbons (Fsp3) is 0.190. The Hall–Kier alpha value is -2.81. The summed E-state index contributed by atoms with van der Waals surface area (Å²) in [6.07, 6.45) is 0. The van der Waals surface area contributed by atoms with Gasteiger partial charge >= 0.3 is 0 Å². The minimum Gasteiger partial charge on any atom is -0.346 e. The lowest BCUT2D eigenvalue weighted by Crippen LogP contribution is -2.26. The zero-order valence-corrected chi connectivity index (χ0v) is 14.3. The van der Waals surface area contributed by atoms with Crippen molar-refractivity contribution < 1.29 is 4.79 Å². The van der Waals surface area contributed by atoms with Crippen LogP contribution in [-0.4, -0.2) is 10.5 Å². The predicted octanol–water partition coefficient (Wildman–Crippen LogP) is 4.59. The van der Waals surface area contributed by atoms with Gasteiger partial charge in [0.05, 0.1) is 6.04 Å². The van der Waals surface area contributed by atoms with Crippen LogP contribution in [-0.2, 0) is 0 Å². The lowest BCUT2D eigenvalue weighted by Gasteiger charge is -2.15. The summed E-state index contributed by atoms with van der Waals surface area (Å²) in [5.41, 5.74) is 5.09. The quantitative estimate of drug-likeness (QED) is 0.750. The Bertz CT molecular complexity index is 830. The van der Waals surface area contributed by atoms with E-state index in [0.29, 0.717) is 5.56 Å². The van der Waals surface area contributed by atoms with E-state index in [1.165, 1.54) is 0 Å². The molecule has 0 bridgehead atoms. The second kappa shape index (κ2) is 6.75. The molecule has 122 valence electrons. The van der Waals surface area contributed by atoms with E-state index >= 15 is 0 Å². The van der Waals surface area contributed by atoms with Crippen LogP contribution in [0, 0.1) is 13.8 Å². The number of aryl methyl sites for hydroxylation is 2. The highest BCUT2D eigenvalue weighted by Crippen LogP contribution is 2.18. The van der Waals surface area contributed by atoms with Crippen LogP contribution in [0.5, 0.6) is 0 Å². The Kier molecular flexibility index (Phi) is 4.52. The zero-order valence-electron chi connectivity index (χ0n) is 14.3. The monoisotopic (exact) mass is 318 g/mol. The van der Waals surface area contributed by atoms with Gasteiger partial charge in [-0.1, -0.05) is 36.4 Å². The lowest BCUT2D eigenvalue weighted by atomic mass is 10.1. The van der Waals surface area contributed by atoms with E-state index in [2.05, 4.69) is 35.9 Å². The minimum absolute atomic E-state index is 0.0302. The van der Waals surface area contributed by atoms with Gasteiger partial charge in [0.2, 0.25) is 0 Å². The molecule has 1 heterocycles. The van der Waals surface area contributed by atoms with Gasteiger partial charge in [-0.05, 0) is 56.7 Å². The molecule has 0 radical (unpaired) electrons. The third-order valence-corrected chi connectivity index (χ3v) is 4.28. The van der Waals surface area contributed by atoms with Gasteiger partial charge in [-0.3, -0.25) is 4.79 Å². The fourth-order valence-electron chi connectivity index (χ4n) is 2.97. The van der Waals surface area contributed by atoms with E-state index in [1.54, 1.807) is 0 Å². The van der Waals surface area contributed by atoms with Gasteiger partial charge in [0.15, 0.2) is 0 Å². The molecule has 1 aromatic heterocycles. The first kappa shape index (κ1) is 16.1. The first-order chi connectivity index (χ1) is 11.6. The molecule has 0 spiro atoms. The molecule has 0 fully saturated rings. The maximum Gasteiger partial charge on any atom is 0.251 e. The second-order valence-electron chi connectivity index (χ2n) is 6.11. The molecule has 3 heteroatoms. The normalized spacial score (nSPS) is 12.0. The molecule has 0 aliphatic heterocycles. The fourth-order valence-corrected chi connectivity index (χ4v) is 2.97. The van der Waals surface area contributed by atoms with Crippen molar-refractivity contribution in [3.63, 3.8) is 0 Å². The highest BCUT2D eigenvalue weighted by atomic mass is 16.1. The lowest BCUT2D eigenvalue weighted by molar-refractivity contribution is 0.0940. The Morgan fingerprint density at radius 2 is 1.58 bits per heavy atom.